The van der Waals surface area contributed by atoms with Gasteiger partial charge in [-0.3, -0.25) is 4.79 Å². The molecule has 3 rings (SSSR count). The summed E-state index contributed by atoms with van der Waals surface area (Å²) in [5.74, 6) is 2.97. The average Bonchev–Trinajstić information content (AvgIpc) is 2.92. The first-order valence-corrected chi connectivity index (χ1v) is 7.71. The van der Waals surface area contributed by atoms with E-state index in [1.54, 1.807) is 10.9 Å². The van der Waals surface area contributed by atoms with Crippen molar-refractivity contribution in [3.8, 4) is 18.0 Å². The maximum atomic E-state index is 12.1. The van der Waals surface area contributed by atoms with E-state index >= 15 is 0 Å². The van der Waals surface area contributed by atoms with E-state index in [1.807, 2.05) is 32.0 Å². The summed E-state index contributed by atoms with van der Waals surface area (Å²) in [6.45, 7) is 4.07. The Kier molecular flexibility index (Phi) is 3.73. The zero-order valence-corrected chi connectivity index (χ0v) is 13.1. The zero-order valence-electron chi connectivity index (χ0n) is 12.3. The SMILES string of the molecule is C#CCSc1nc2c(cnn2-c2cccc(C)c2C)c(=O)[nH]1. The first-order chi connectivity index (χ1) is 10.6. The summed E-state index contributed by atoms with van der Waals surface area (Å²) in [5, 5.41) is 5.30. The maximum Gasteiger partial charge on any atom is 0.262 e. The molecule has 110 valence electrons. The van der Waals surface area contributed by atoms with Crippen LogP contribution >= 0.6 is 11.8 Å². The van der Waals surface area contributed by atoms with Gasteiger partial charge in [-0.2, -0.15) is 5.10 Å². The summed E-state index contributed by atoms with van der Waals surface area (Å²) < 4.78 is 1.70. The Hall–Kier alpha value is -2.52. The quantitative estimate of drug-likeness (QED) is 0.458. The Labute approximate surface area is 131 Å². The number of aromatic nitrogens is 4. The summed E-state index contributed by atoms with van der Waals surface area (Å²) in [4.78, 5) is 19.4. The molecule has 5 nitrogen and oxygen atoms in total. The number of terminal acetylenes is 1. The van der Waals surface area contributed by atoms with Crippen molar-refractivity contribution in [2.75, 3.05) is 5.75 Å². The van der Waals surface area contributed by atoms with Gasteiger partial charge in [0.15, 0.2) is 10.8 Å². The Morgan fingerprint density at radius 2 is 2.23 bits per heavy atom. The van der Waals surface area contributed by atoms with Gasteiger partial charge in [0.2, 0.25) is 0 Å². The molecule has 0 bridgehead atoms. The lowest BCUT2D eigenvalue weighted by atomic mass is 10.1. The first kappa shape index (κ1) is 14.4. The molecule has 0 unspecified atom stereocenters. The second-order valence-electron chi connectivity index (χ2n) is 4.88. The molecular formula is C16H14N4OS. The van der Waals surface area contributed by atoms with Crippen LogP contribution in [-0.2, 0) is 0 Å². The van der Waals surface area contributed by atoms with Crippen molar-refractivity contribution in [1.29, 1.82) is 0 Å². The molecule has 2 heterocycles. The Bertz CT molecular complexity index is 949. The van der Waals surface area contributed by atoms with Crippen LogP contribution in [0, 0.1) is 26.2 Å². The van der Waals surface area contributed by atoms with Crippen LogP contribution in [0.2, 0.25) is 0 Å². The Morgan fingerprint density at radius 1 is 1.41 bits per heavy atom. The van der Waals surface area contributed by atoms with Crippen LogP contribution in [0.3, 0.4) is 0 Å². The van der Waals surface area contributed by atoms with Crippen molar-refractivity contribution in [2.24, 2.45) is 0 Å². The molecule has 0 radical (unpaired) electrons. The number of H-pyrrole nitrogens is 1. The fourth-order valence-corrected chi connectivity index (χ4v) is 2.75. The number of nitrogens with zero attached hydrogens (tertiary/aromatic N) is 3. The van der Waals surface area contributed by atoms with Gasteiger partial charge in [-0.25, -0.2) is 9.67 Å². The highest BCUT2D eigenvalue weighted by molar-refractivity contribution is 7.99. The van der Waals surface area contributed by atoms with E-state index in [0.29, 0.717) is 21.9 Å². The number of benzene rings is 1. The predicted molar refractivity (Wildman–Crippen MR) is 88.5 cm³/mol. The molecule has 0 aliphatic rings. The third-order valence-corrected chi connectivity index (χ3v) is 4.29. The number of thioether (sulfide) groups is 1. The molecule has 0 amide bonds. The van der Waals surface area contributed by atoms with Gasteiger partial charge < -0.3 is 4.98 Å². The number of hydrogen-bond donors (Lipinski definition) is 1. The van der Waals surface area contributed by atoms with E-state index < -0.39 is 0 Å². The van der Waals surface area contributed by atoms with E-state index in [2.05, 4.69) is 21.0 Å². The minimum Gasteiger partial charge on any atom is -0.301 e. The topological polar surface area (TPSA) is 63.6 Å². The summed E-state index contributed by atoms with van der Waals surface area (Å²) in [6, 6.07) is 5.97. The third-order valence-electron chi connectivity index (χ3n) is 3.51. The predicted octanol–water partition coefficient (Wildman–Crippen LogP) is 2.45. The molecule has 0 spiro atoms. The number of nitrogens with one attached hydrogen (secondary N) is 1. The molecule has 22 heavy (non-hydrogen) atoms. The van der Waals surface area contributed by atoms with E-state index in [4.69, 9.17) is 6.42 Å². The molecule has 1 N–H and O–H groups in total. The van der Waals surface area contributed by atoms with Crippen LogP contribution in [0.1, 0.15) is 11.1 Å². The lowest BCUT2D eigenvalue weighted by Gasteiger charge is -2.09. The van der Waals surface area contributed by atoms with Crippen molar-refractivity contribution in [1.82, 2.24) is 19.7 Å². The fraction of sp³-hybridized carbons (Fsp3) is 0.188. The van der Waals surface area contributed by atoms with E-state index in [-0.39, 0.29) is 5.56 Å². The number of aromatic amines is 1. The second kappa shape index (κ2) is 5.70. The van der Waals surface area contributed by atoms with Crippen LogP contribution in [0.4, 0.5) is 0 Å². The molecule has 0 saturated heterocycles. The van der Waals surface area contributed by atoms with Crippen molar-refractivity contribution in [3.05, 3.63) is 45.9 Å². The highest BCUT2D eigenvalue weighted by atomic mass is 32.2. The number of hydrogen-bond acceptors (Lipinski definition) is 4. The van der Waals surface area contributed by atoms with Gasteiger partial charge in [0.1, 0.15) is 5.39 Å². The lowest BCUT2D eigenvalue weighted by Crippen LogP contribution is -2.10. The monoisotopic (exact) mass is 310 g/mol. The molecule has 6 heteroatoms. The standard InChI is InChI=1S/C16H14N4OS/c1-4-8-22-16-18-14-12(15(21)19-16)9-17-20(14)13-7-5-6-10(2)11(13)3/h1,5-7,9H,8H2,2-3H3,(H,18,19,21). The minimum absolute atomic E-state index is 0.207. The average molecular weight is 310 g/mol. The fourth-order valence-electron chi connectivity index (χ4n) is 2.22. The van der Waals surface area contributed by atoms with Crippen molar-refractivity contribution >= 4 is 22.8 Å². The van der Waals surface area contributed by atoms with E-state index in [1.165, 1.54) is 11.8 Å². The lowest BCUT2D eigenvalue weighted by molar-refractivity contribution is 0.865. The van der Waals surface area contributed by atoms with Crippen LogP contribution in [0.15, 0.2) is 34.3 Å². The second-order valence-corrected chi connectivity index (χ2v) is 5.84. The number of fused-ring (bicyclic) bond motifs is 1. The van der Waals surface area contributed by atoms with Crippen LogP contribution in [0.25, 0.3) is 16.7 Å². The van der Waals surface area contributed by atoms with Gasteiger partial charge in [0.25, 0.3) is 5.56 Å². The normalized spacial score (nSPS) is 10.8. The third kappa shape index (κ3) is 2.40. The van der Waals surface area contributed by atoms with Crippen molar-refractivity contribution in [2.45, 2.75) is 19.0 Å². The van der Waals surface area contributed by atoms with E-state index in [0.717, 1.165) is 16.8 Å². The highest BCUT2D eigenvalue weighted by Gasteiger charge is 2.13. The molecule has 2 aromatic heterocycles. The number of aryl methyl sites for hydroxylation is 1. The molecule has 0 aliphatic carbocycles. The van der Waals surface area contributed by atoms with Gasteiger partial charge in [-0.1, -0.05) is 29.8 Å². The van der Waals surface area contributed by atoms with Crippen LogP contribution in [0.5, 0.6) is 0 Å². The number of rotatable bonds is 3. The van der Waals surface area contributed by atoms with Gasteiger partial charge >= 0.3 is 0 Å². The van der Waals surface area contributed by atoms with Crippen LogP contribution < -0.4 is 5.56 Å². The molecule has 0 fully saturated rings. The minimum atomic E-state index is -0.207. The van der Waals surface area contributed by atoms with Gasteiger partial charge in [0, 0.05) is 0 Å². The molecule has 3 aromatic rings. The van der Waals surface area contributed by atoms with Crippen LogP contribution in [-0.4, -0.2) is 25.5 Å². The zero-order chi connectivity index (χ0) is 15.7. The summed E-state index contributed by atoms with van der Waals surface area (Å²) in [7, 11) is 0. The smallest absolute Gasteiger partial charge is 0.262 e. The first-order valence-electron chi connectivity index (χ1n) is 6.72. The van der Waals surface area contributed by atoms with E-state index in [9.17, 15) is 4.79 Å². The molecule has 0 aliphatic heterocycles. The maximum absolute atomic E-state index is 12.1. The summed E-state index contributed by atoms with van der Waals surface area (Å²) in [6.07, 6.45) is 6.80. The Morgan fingerprint density at radius 3 is 3.00 bits per heavy atom. The highest BCUT2D eigenvalue weighted by Crippen LogP contribution is 2.21. The van der Waals surface area contributed by atoms with Gasteiger partial charge in [0.05, 0.1) is 17.6 Å². The molecule has 0 saturated carbocycles. The molecular weight excluding hydrogens is 296 g/mol. The summed E-state index contributed by atoms with van der Waals surface area (Å²) >= 11 is 1.32. The van der Waals surface area contributed by atoms with Gasteiger partial charge in [-0.15, -0.1) is 6.42 Å². The Balaban J connectivity index is 2.23. The largest absolute Gasteiger partial charge is 0.301 e. The molecule has 1 aromatic carbocycles. The molecule has 0 atom stereocenters. The van der Waals surface area contributed by atoms with Crippen molar-refractivity contribution in [3.63, 3.8) is 0 Å². The summed E-state index contributed by atoms with van der Waals surface area (Å²) in [5.41, 5.74) is 3.51. The van der Waals surface area contributed by atoms with Crippen molar-refractivity contribution < 1.29 is 0 Å². The van der Waals surface area contributed by atoms with Gasteiger partial charge in [-0.05, 0) is 31.0 Å².